The molecule has 4 aromatic rings. The summed E-state index contributed by atoms with van der Waals surface area (Å²) < 4.78 is 14.3. The van der Waals surface area contributed by atoms with Gasteiger partial charge in [0.1, 0.15) is 11.6 Å². The van der Waals surface area contributed by atoms with Gasteiger partial charge in [-0.15, -0.1) is 0 Å². The number of nitrogens with one attached hydrogen (secondary N) is 1. The van der Waals surface area contributed by atoms with Crippen molar-refractivity contribution in [2.45, 2.75) is 11.3 Å². The van der Waals surface area contributed by atoms with Crippen molar-refractivity contribution in [1.29, 1.82) is 0 Å². The second-order valence-corrected chi connectivity index (χ2v) is 11.3. The Morgan fingerprint density at radius 3 is 2.22 bits per heavy atom. The van der Waals surface area contributed by atoms with Crippen molar-refractivity contribution >= 4 is 45.6 Å². The fourth-order valence-corrected chi connectivity index (χ4v) is 7.20. The third-order valence-corrected chi connectivity index (χ3v) is 8.90. The number of halogens is 2. The highest BCUT2D eigenvalue weighted by Gasteiger charge is 2.68. The molecule has 1 heterocycles. The molecule has 3 amide bonds. The molecule has 1 saturated heterocycles. The van der Waals surface area contributed by atoms with Crippen LogP contribution in [-0.2, 0) is 15.0 Å². The van der Waals surface area contributed by atoms with Crippen molar-refractivity contribution in [3.8, 4) is 5.75 Å². The van der Waals surface area contributed by atoms with Crippen LogP contribution in [0, 0.1) is 17.7 Å². The number of amides is 3. The zero-order valence-electron chi connectivity index (χ0n) is 21.3. The summed E-state index contributed by atoms with van der Waals surface area (Å²) >= 11 is 3.30. The quantitative estimate of drug-likeness (QED) is 0.187. The third-order valence-electron chi connectivity index (χ3n) is 8.41. The van der Waals surface area contributed by atoms with Crippen molar-refractivity contribution in [1.82, 2.24) is 5.43 Å². The van der Waals surface area contributed by atoms with Crippen LogP contribution >= 0.6 is 15.9 Å². The van der Waals surface area contributed by atoms with E-state index in [4.69, 9.17) is 0 Å². The van der Waals surface area contributed by atoms with Gasteiger partial charge in [0.15, 0.2) is 0 Å². The third kappa shape index (κ3) is 3.55. The van der Waals surface area contributed by atoms with Gasteiger partial charge in [-0.25, -0.2) is 14.7 Å². The molecular weight excluding hydrogens is 589 g/mol. The number of imide groups is 1. The molecule has 2 bridgehead atoms. The van der Waals surface area contributed by atoms with E-state index in [1.54, 1.807) is 12.3 Å². The summed E-state index contributed by atoms with van der Waals surface area (Å²) in [6, 6.07) is 25.1. The van der Waals surface area contributed by atoms with Gasteiger partial charge in [-0.3, -0.25) is 14.4 Å². The van der Waals surface area contributed by atoms with Crippen LogP contribution in [0.15, 0.2) is 101 Å². The molecule has 2 atom stereocenters. The summed E-state index contributed by atoms with van der Waals surface area (Å²) in [5, 5.41) is 14.6. The molecule has 202 valence electrons. The maximum absolute atomic E-state index is 14.3. The lowest BCUT2D eigenvalue weighted by atomic mass is 9.47. The van der Waals surface area contributed by atoms with Crippen molar-refractivity contribution in [2.24, 2.45) is 16.9 Å². The minimum Gasteiger partial charge on any atom is -0.507 e. The monoisotopic (exact) mass is 609 g/mol. The summed E-state index contributed by atoms with van der Waals surface area (Å²) in [6.45, 7) is 0. The zero-order chi connectivity index (χ0) is 28.5. The standard InChI is InChI=1S/C32H21BrFN3O4/c33-17-9-14-25(38)22(15-17)29(39)36-35-16-32-23-7-3-1-5-20(23)26(21-6-2-4-8-24(21)32)27-28(32)31(41)37(30(27)40)19-12-10-18(34)11-13-19/h1-16,26-28,38H,(H,36,39)/b35-16-/t26?,27-,28-,32?/m0/s1. The highest BCUT2D eigenvalue weighted by molar-refractivity contribution is 9.10. The Morgan fingerprint density at radius 1 is 0.927 bits per heavy atom. The molecule has 7 nitrogen and oxygen atoms in total. The van der Waals surface area contributed by atoms with E-state index in [-0.39, 0.29) is 23.1 Å². The van der Waals surface area contributed by atoms with Gasteiger partial charge in [0.25, 0.3) is 5.91 Å². The van der Waals surface area contributed by atoms with E-state index in [2.05, 4.69) is 26.5 Å². The van der Waals surface area contributed by atoms with Crippen molar-refractivity contribution < 1.29 is 23.9 Å². The maximum atomic E-state index is 14.3. The Morgan fingerprint density at radius 2 is 1.56 bits per heavy atom. The van der Waals surface area contributed by atoms with Crippen LogP contribution < -0.4 is 10.3 Å². The lowest BCUT2D eigenvalue weighted by molar-refractivity contribution is -0.122. The van der Waals surface area contributed by atoms with E-state index in [0.29, 0.717) is 10.2 Å². The number of phenols is 1. The minimum absolute atomic E-state index is 0.0228. The van der Waals surface area contributed by atoms with E-state index in [1.165, 1.54) is 36.4 Å². The molecule has 8 rings (SSSR count). The zero-order valence-corrected chi connectivity index (χ0v) is 22.9. The molecule has 0 aromatic heterocycles. The summed E-state index contributed by atoms with van der Waals surface area (Å²) in [6.07, 6.45) is 1.55. The Labute approximate surface area is 242 Å². The smallest absolute Gasteiger partial charge is 0.275 e. The average Bonchev–Trinajstić information content (AvgIpc) is 3.25. The minimum atomic E-state index is -1.18. The maximum Gasteiger partial charge on any atom is 0.275 e. The SMILES string of the molecule is O=C(N/N=C\C12c3ccccc3C(c3ccccc31)[C@@H]1C(=O)N(c3ccc(F)cc3)C(=O)[C@H]12)c1cc(Br)ccc1O. The van der Waals surface area contributed by atoms with Crippen LogP contribution in [0.4, 0.5) is 10.1 Å². The number of aromatic hydroxyl groups is 1. The number of rotatable bonds is 4. The average molecular weight is 610 g/mol. The summed E-state index contributed by atoms with van der Waals surface area (Å²) in [4.78, 5) is 42.5. The van der Waals surface area contributed by atoms with Gasteiger partial charge >= 0.3 is 0 Å². The number of carbonyl (C=O) groups is 3. The van der Waals surface area contributed by atoms with Crippen molar-refractivity contribution in [2.75, 3.05) is 4.90 Å². The largest absolute Gasteiger partial charge is 0.507 e. The van der Waals surface area contributed by atoms with Gasteiger partial charge < -0.3 is 5.11 Å². The molecule has 3 aliphatic carbocycles. The number of hydrazone groups is 1. The fraction of sp³-hybridized carbons (Fsp3) is 0.125. The van der Waals surface area contributed by atoms with Gasteiger partial charge in [-0.2, -0.15) is 5.10 Å². The first-order valence-corrected chi connectivity index (χ1v) is 13.8. The molecule has 0 radical (unpaired) electrons. The van der Waals surface area contributed by atoms with Crippen LogP contribution in [-0.4, -0.2) is 29.0 Å². The predicted molar refractivity (Wildman–Crippen MR) is 153 cm³/mol. The topological polar surface area (TPSA) is 99.1 Å². The van der Waals surface area contributed by atoms with E-state index in [9.17, 15) is 23.9 Å². The number of carbonyl (C=O) groups excluding carboxylic acids is 3. The first kappa shape index (κ1) is 25.3. The Kier molecular flexibility index (Phi) is 5.69. The lowest BCUT2D eigenvalue weighted by Gasteiger charge is -2.52. The van der Waals surface area contributed by atoms with Gasteiger partial charge in [0, 0.05) is 16.6 Å². The number of anilines is 1. The van der Waals surface area contributed by atoms with Crippen LogP contribution in [0.2, 0.25) is 0 Å². The second-order valence-electron chi connectivity index (χ2n) is 10.4. The van der Waals surface area contributed by atoms with Crippen LogP contribution in [0.5, 0.6) is 5.75 Å². The molecule has 41 heavy (non-hydrogen) atoms. The van der Waals surface area contributed by atoms with Gasteiger partial charge in [-0.1, -0.05) is 64.5 Å². The van der Waals surface area contributed by atoms with Crippen molar-refractivity contribution in [3.63, 3.8) is 0 Å². The number of nitrogens with zero attached hydrogens (tertiary/aromatic N) is 2. The molecular formula is C32H21BrFN3O4. The molecule has 4 aromatic carbocycles. The molecule has 2 N–H and O–H groups in total. The number of hydrogen-bond acceptors (Lipinski definition) is 5. The normalized spacial score (nSPS) is 23.9. The molecule has 0 unspecified atom stereocenters. The summed E-state index contributed by atoms with van der Waals surface area (Å²) in [7, 11) is 0. The van der Waals surface area contributed by atoms with Gasteiger partial charge in [0.2, 0.25) is 11.8 Å². The molecule has 1 fully saturated rings. The van der Waals surface area contributed by atoms with Gasteiger partial charge in [0.05, 0.1) is 28.5 Å². The lowest BCUT2D eigenvalue weighted by Crippen LogP contribution is -2.54. The van der Waals surface area contributed by atoms with Crippen LogP contribution in [0.1, 0.15) is 38.5 Å². The second kappa shape index (κ2) is 9.21. The number of benzene rings is 4. The molecule has 0 saturated carbocycles. The summed E-state index contributed by atoms with van der Waals surface area (Å²) in [5.41, 5.74) is 5.13. The number of hydrogen-bond donors (Lipinski definition) is 2. The van der Waals surface area contributed by atoms with Crippen LogP contribution in [0.25, 0.3) is 0 Å². The van der Waals surface area contributed by atoms with Crippen LogP contribution in [0.3, 0.4) is 0 Å². The highest BCUT2D eigenvalue weighted by atomic mass is 79.9. The molecule has 9 heteroatoms. The highest BCUT2D eigenvalue weighted by Crippen LogP contribution is 2.63. The van der Waals surface area contributed by atoms with Gasteiger partial charge in [-0.05, 0) is 64.7 Å². The fourth-order valence-electron chi connectivity index (χ4n) is 6.84. The molecule has 1 aliphatic heterocycles. The van der Waals surface area contributed by atoms with E-state index >= 15 is 0 Å². The Bertz CT molecular complexity index is 1760. The first-order valence-electron chi connectivity index (χ1n) is 13.0. The predicted octanol–water partition coefficient (Wildman–Crippen LogP) is 5.26. The Hall–Kier alpha value is -4.63. The molecule has 0 spiro atoms. The molecule has 4 aliphatic rings. The first-order chi connectivity index (χ1) is 19.8. The van der Waals surface area contributed by atoms with E-state index in [0.717, 1.165) is 27.2 Å². The number of phenolic OH excluding ortho intramolecular Hbond substituents is 1. The van der Waals surface area contributed by atoms with E-state index < -0.39 is 34.9 Å². The van der Waals surface area contributed by atoms with E-state index in [1.807, 2.05) is 48.5 Å². The summed E-state index contributed by atoms with van der Waals surface area (Å²) in [5.74, 6) is -4.04. The Balaban J connectivity index is 1.40. The van der Waals surface area contributed by atoms with Crippen molar-refractivity contribution in [3.05, 3.63) is 129 Å².